The summed E-state index contributed by atoms with van der Waals surface area (Å²) >= 11 is 0. The van der Waals surface area contributed by atoms with Crippen molar-refractivity contribution in [3.8, 4) is 0 Å². The van der Waals surface area contributed by atoms with Crippen molar-refractivity contribution in [1.29, 1.82) is 0 Å². The highest BCUT2D eigenvalue weighted by Crippen LogP contribution is 2.03. The number of likely N-dealkylation sites (N-methyl/N-ethyl adjacent to an activating group) is 2. The molecule has 0 saturated heterocycles. The van der Waals surface area contributed by atoms with Crippen molar-refractivity contribution in [3.05, 3.63) is 0 Å². The fourth-order valence-corrected chi connectivity index (χ4v) is 1.97. The summed E-state index contributed by atoms with van der Waals surface area (Å²) in [4.78, 5) is 16.1. The zero-order chi connectivity index (χ0) is 13.4. The Kier molecular flexibility index (Phi) is 8.17. The van der Waals surface area contributed by atoms with Crippen LogP contribution in [0.5, 0.6) is 0 Å². The first-order valence-corrected chi connectivity index (χ1v) is 6.56. The number of nitrogens with zero attached hydrogens (tertiary/aromatic N) is 2. The van der Waals surface area contributed by atoms with Crippen LogP contribution in [0.2, 0.25) is 0 Å². The van der Waals surface area contributed by atoms with E-state index in [0.29, 0.717) is 12.5 Å². The summed E-state index contributed by atoms with van der Waals surface area (Å²) in [5.41, 5.74) is 0. The fourth-order valence-electron chi connectivity index (χ4n) is 1.97. The second kappa shape index (κ2) is 8.48. The molecular formula is C13H29N3O. The van der Waals surface area contributed by atoms with E-state index < -0.39 is 0 Å². The van der Waals surface area contributed by atoms with Crippen molar-refractivity contribution in [2.75, 3.05) is 33.7 Å². The Morgan fingerprint density at radius 1 is 1.24 bits per heavy atom. The number of carbonyl (C=O) groups is 1. The molecule has 0 saturated carbocycles. The third-order valence-corrected chi connectivity index (χ3v) is 2.71. The average Bonchev–Trinajstić information content (AvgIpc) is 2.16. The Balaban J connectivity index is 4.11. The summed E-state index contributed by atoms with van der Waals surface area (Å²) in [6.45, 7) is 10.8. The maximum absolute atomic E-state index is 12.0. The molecule has 102 valence electrons. The van der Waals surface area contributed by atoms with E-state index in [1.54, 1.807) is 0 Å². The van der Waals surface area contributed by atoms with Gasteiger partial charge in [-0.05, 0) is 27.9 Å². The van der Waals surface area contributed by atoms with Crippen molar-refractivity contribution in [1.82, 2.24) is 15.1 Å². The van der Waals surface area contributed by atoms with E-state index in [-0.39, 0.29) is 11.9 Å². The summed E-state index contributed by atoms with van der Waals surface area (Å²) in [7, 11) is 4.07. The van der Waals surface area contributed by atoms with E-state index in [2.05, 4.69) is 31.0 Å². The van der Waals surface area contributed by atoms with Crippen LogP contribution in [-0.4, -0.2) is 61.5 Å². The van der Waals surface area contributed by atoms with Crippen LogP contribution in [-0.2, 0) is 4.79 Å². The Morgan fingerprint density at radius 3 is 2.24 bits per heavy atom. The Bertz CT molecular complexity index is 217. The maximum atomic E-state index is 12.0. The predicted molar refractivity (Wildman–Crippen MR) is 73.2 cm³/mol. The van der Waals surface area contributed by atoms with Gasteiger partial charge in [0.2, 0.25) is 5.91 Å². The third-order valence-electron chi connectivity index (χ3n) is 2.71. The Labute approximate surface area is 106 Å². The molecule has 1 atom stereocenters. The quantitative estimate of drug-likeness (QED) is 0.695. The van der Waals surface area contributed by atoms with Crippen LogP contribution in [0.15, 0.2) is 0 Å². The first-order valence-electron chi connectivity index (χ1n) is 6.56. The molecule has 1 unspecified atom stereocenters. The van der Waals surface area contributed by atoms with Crippen LogP contribution in [0.25, 0.3) is 0 Å². The zero-order valence-corrected chi connectivity index (χ0v) is 12.3. The molecule has 0 aliphatic rings. The van der Waals surface area contributed by atoms with E-state index in [1.165, 1.54) is 0 Å². The molecule has 4 nitrogen and oxygen atoms in total. The molecule has 0 radical (unpaired) electrons. The summed E-state index contributed by atoms with van der Waals surface area (Å²) in [6, 6.07) is 0.721. The van der Waals surface area contributed by atoms with Gasteiger partial charge in [0, 0.05) is 38.1 Å². The molecule has 4 heteroatoms. The van der Waals surface area contributed by atoms with Gasteiger partial charge in [0.25, 0.3) is 0 Å². The minimum Gasteiger partial charge on any atom is -0.339 e. The number of hydrogen-bond donors (Lipinski definition) is 1. The Morgan fingerprint density at radius 2 is 1.82 bits per heavy atom. The van der Waals surface area contributed by atoms with Gasteiger partial charge >= 0.3 is 0 Å². The highest BCUT2D eigenvalue weighted by molar-refractivity contribution is 5.76. The lowest BCUT2D eigenvalue weighted by Gasteiger charge is -2.30. The van der Waals surface area contributed by atoms with Crippen LogP contribution >= 0.6 is 0 Å². The summed E-state index contributed by atoms with van der Waals surface area (Å²) < 4.78 is 0. The molecule has 0 rings (SSSR count). The lowest BCUT2D eigenvalue weighted by molar-refractivity contribution is -0.133. The third kappa shape index (κ3) is 7.34. The Hall–Kier alpha value is -0.610. The van der Waals surface area contributed by atoms with E-state index in [4.69, 9.17) is 0 Å². The van der Waals surface area contributed by atoms with Crippen LogP contribution in [0, 0.1) is 0 Å². The molecule has 0 heterocycles. The van der Waals surface area contributed by atoms with Crippen molar-refractivity contribution in [2.45, 2.75) is 46.2 Å². The molecule has 0 aromatic carbocycles. The highest BCUT2D eigenvalue weighted by Gasteiger charge is 2.18. The summed E-state index contributed by atoms with van der Waals surface area (Å²) in [6.07, 6.45) is 0.587. The minimum absolute atomic E-state index is 0.245. The lowest BCUT2D eigenvalue weighted by Crippen LogP contribution is -2.44. The van der Waals surface area contributed by atoms with E-state index in [0.717, 1.165) is 19.6 Å². The number of rotatable bonds is 8. The van der Waals surface area contributed by atoms with Gasteiger partial charge in [0.15, 0.2) is 0 Å². The van der Waals surface area contributed by atoms with Crippen molar-refractivity contribution in [3.63, 3.8) is 0 Å². The number of carbonyl (C=O) groups excluding carboxylic acids is 1. The second-order valence-corrected chi connectivity index (χ2v) is 5.15. The molecule has 0 aliphatic heterocycles. The van der Waals surface area contributed by atoms with Gasteiger partial charge < -0.3 is 15.1 Å². The van der Waals surface area contributed by atoms with Crippen LogP contribution in [0.4, 0.5) is 0 Å². The molecule has 0 bridgehead atoms. The maximum Gasteiger partial charge on any atom is 0.224 e. The summed E-state index contributed by atoms with van der Waals surface area (Å²) in [5.74, 6) is 0.245. The standard InChI is InChI=1S/C13H29N3O/c1-7-16(12(4)10-15(5)6)13(17)8-9-14-11(2)3/h11-12,14H,7-10H2,1-6H3. The first-order chi connectivity index (χ1) is 7.88. The minimum atomic E-state index is 0.245. The van der Waals surface area contributed by atoms with Crippen LogP contribution in [0.1, 0.15) is 34.1 Å². The van der Waals surface area contributed by atoms with E-state index >= 15 is 0 Å². The average molecular weight is 243 g/mol. The highest BCUT2D eigenvalue weighted by atomic mass is 16.2. The molecular weight excluding hydrogens is 214 g/mol. The predicted octanol–water partition coefficient (Wildman–Crippen LogP) is 1.17. The summed E-state index contributed by atoms with van der Waals surface area (Å²) in [5, 5.41) is 3.28. The van der Waals surface area contributed by atoms with Crippen LogP contribution < -0.4 is 5.32 Å². The van der Waals surface area contributed by atoms with Crippen LogP contribution in [0.3, 0.4) is 0 Å². The second-order valence-electron chi connectivity index (χ2n) is 5.15. The number of nitrogens with one attached hydrogen (secondary N) is 1. The van der Waals surface area contributed by atoms with E-state index in [1.807, 2.05) is 25.9 Å². The molecule has 0 aromatic heterocycles. The molecule has 1 N–H and O–H groups in total. The monoisotopic (exact) mass is 243 g/mol. The van der Waals surface area contributed by atoms with Crippen molar-refractivity contribution >= 4 is 5.91 Å². The van der Waals surface area contributed by atoms with Crippen molar-refractivity contribution < 1.29 is 4.79 Å². The normalized spacial score (nSPS) is 13.2. The molecule has 1 amide bonds. The lowest BCUT2D eigenvalue weighted by atomic mass is 10.2. The van der Waals surface area contributed by atoms with Gasteiger partial charge in [-0.15, -0.1) is 0 Å². The number of hydrogen-bond acceptors (Lipinski definition) is 3. The van der Waals surface area contributed by atoms with Gasteiger partial charge in [-0.2, -0.15) is 0 Å². The zero-order valence-electron chi connectivity index (χ0n) is 12.3. The molecule has 0 fully saturated rings. The molecule has 0 aromatic rings. The van der Waals surface area contributed by atoms with E-state index in [9.17, 15) is 4.79 Å². The van der Waals surface area contributed by atoms with Gasteiger partial charge in [-0.3, -0.25) is 4.79 Å². The van der Waals surface area contributed by atoms with Gasteiger partial charge in [0.05, 0.1) is 0 Å². The molecule has 0 aliphatic carbocycles. The SMILES string of the molecule is CCN(C(=O)CCNC(C)C)C(C)CN(C)C. The van der Waals surface area contributed by atoms with Gasteiger partial charge in [0.1, 0.15) is 0 Å². The molecule has 17 heavy (non-hydrogen) atoms. The van der Waals surface area contributed by atoms with Gasteiger partial charge in [-0.1, -0.05) is 13.8 Å². The first kappa shape index (κ1) is 16.4. The number of amides is 1. The smallest absolute Gasteiger partial charge is 0.224 e. The van der Waals surface area contributed by atoms with Gasteiger partial charge in [-0.25, -0.2) is 0 Å². The molecule has 0 spiro atoms. The fraction of sp³-hybridized carbons (Fsp3) is 0.923. The topological polar surface area (TPSA) is 35.6 Å². The van der Waals surface area contributed by atoms with Crippen molar-refractivity contribution in [2.24, 2.45) is 0 Å². The largest absolute Gasteiger partial charge is 0.339 e.